The maximum absolute atomic E-state index is 12.4. The smallest absolute Gasteiger partial charge is 0.220 e. The number of aliphatic hydroxyl groups is 2. The highest BCUT2D eigenvalue weighted by Crippen LogP contribution is 2.17. The van der Waals surface area contributed by atoms with E-state index in [4.69, 9.17) is 0 Å². The molecule has 4 heteroatoms. The Morgan fingerprint density at radius 2 is 0.712 bits per heavy atom. The van der Waals surface area contributed by atoms with Crippen LogP contribution in [0.1, 0.15) is 271 Å². The van der Waals surface area contributed by atoms with Crippen LogP contribution >= 0.6 is 0 Å². The quantitative estimate of drug-likeness (QED) is 0.0431. The molecule has 0 aliphatic heterocycles. The largest absolute Gasteiger partial charge is 0.394 e. The van der Waals surface area contributed by atoms with E-state index < -0.39 is 12.1 Å². The molecule has 0 rings (SSSR count). The van der Waals surface area contributed by atoms with Crippen LogP contribution in [0.25, 0.3) is 0 Å². The van der Waals surface area contributed by atoms with Gasteiger partial charge in [-0.2, -0.15) is 0 Å². The Kier molecular flexibility index (Phi) is 43.8. The lowest BCUT2D eigenvalue weighted by molar-refractivity contribution is -0.123. The van der Waals surface area contributed by atoms with Crippen LogP contribution in [0.2, 0.25) is 0 Å². The Bertz CT molecular complexity index is 710. The van der Waals surface area contributed by atoms with E-state index in [2.05, 4.69) is 19.2 Å². The van der Waals surface area contributed by atoms with Crippen LogP contribution in [0.5, 0.6) is 0 Å². The van der Waals surface area contributed by atoms with Crippen LogP contribution in [0, 0.1) is 0 Å². The molecule has 0 aromatic rings. The average molecular weight is 734 g/mol. The maximum atomic E-state index is 12.4. The lowest BCUT2D eigenvalue weighted by Gasteiger charge is -2.20. The Morgan fingerprint density at radius 3 is 1.00 bits per heavy atom. The molecule has 2 atom stereocenters. The number of hydrogen-bond acceptors (Lipinski definition) is 3. The van der Waals surface area contributed by atoms with Gasteiger partial charge in [0.2, 0.25) is 5.91 Å². The lowest BCUT2D eigenvalue weighted by Crippen LogP contribution is -2.45. The van der Waals surface area contributed by atoms with Crippen LogP contribution < -0.4 is 5.32 Å². The summed E-state index contributed by atoms with van der Waals surface area (Å²) in [6.45, 7) is 4.33. The third-order valence-electron chi connectivity index (χ3n) is 11.3. The van der Waals surface area contributed by atoms with Crippen molar-refractivity contribution in [3.63, 3.8) is 0 Å². The predicted octanol–water partition coefficient (Wildman–Crippen LogP) is 15.0. The molecule has 3 N–H and O–H groups in total. The molecule has 0 heterocycles. The van der Waals surface area contributed by atoms with Crippen molar-refractivity contribution in [1.82, 2.24) is 5.32 Å². The van der Waals surface area contributed by atoms with E-state index in [1.807, 2.05) is 6.08 Å². The fourth-order valence-corrected chi connectivity index (χ4v) is 7.59. The highest BCUT2D eigenvalue weighted by Gasteiger charge is 2.18. The molecule has 0 spiro atoms. The van der Waals surface area contributed by atoms with E-state index in [1.165, 1.54) is 225 Å². The molecule has 52 heavy (non-hydrogen) atoms. The first-order valence-corrected chi connectivity index (χ1v) is 23.9. The molecule has 0 bridgehead atoms. The number of amides is 1. The molecule has 4 nitrogen and oxygen atoms in total. The molecule has 0 fully saturated rings. The van der Waals surface area contributed by atoms with Crippen molar-refractivity contribution in [2.24, 2.45) is 0 Å². The zero-order chi connectivity index (χ0) is 37.8. The summed E-state index contributed by atoms with van der Waals surface area (Å²) in [7, 11) is 0. The number of carbonyl (C=O) groups excluding carboxylic acids is 1. The van der Waals surface area contributed by atoms with E-state index in [-0.39, 0.29) is 12.5 Å². The second kappa shape index (κ2) is 44.5. The van der Waals surface area contributed by atoms with Gasteiger partial charge >= 0.3 is 0 Å². The summed E-state index contributed by atoms with van der Waals surface area (Å²) in [4.78, 5) is 12.4. The number of aliphatic hydroxyl groups excluding tert-OH is 2. The van der Waals surface area contributed by atoms with E-state index >= 15 is 0 Å². The Labute approximate surface area is 327 Å². The molecule has 0 aromatic heterocycles. The molecular weight excluding hydrogens is 639 g/mol. The molecule has 0 aliphatic rings. The van der Waals surface area contributed by atoms with Gasteiger partial charge in [-0.15, -0.1) is 0 Å². The van der Waals surface area contributed by atoms with Gasteiger partial charge in [0.25, 0.3) is 0 Å². The SMILES string of the molecule is CCCCCCCCCCCCCCCCCCCCCCCCC/C=C/C(O)C(CO)NC(=O)CCCCCCCCCCCCCCCCC. The summed E-state index contributed by atoms with van der Waals surface area (Å²) in [6.07, 6.45) is 56.2. The normalized spacial score (nSPS) is 12.9. The van der Waals surface area contributed by atoms with Crippen LogP contribution in [0.3, 0.4) is 0 Å². The van der Waals surface area contributed by atoms with Gasteiger partial charge in [0.15, 0.2) is 0 Å². The second-order valence-electron chi connectivity index (χ2n) is 16.5. The first-order chi connectivity index (χ1) is 25.7. The van der Waals surface area contributed by atoms with Crippen LogP contribution in [0.4, 0.5) is 0 Å². The van der Waals surface area contributed by atoms with Gasteiger partial charge in [0.1, 0.15) is 0 Å². The molecule has 0 saturated heterocycles. The summed E-state index contributed by atoms with van der Waals surface area (Å²) in [6, 6.07) is -0.616. The predicted molar refractivity (Wildman–Crippen MR) is 230 cm³/mol. The summed E-state index contributed by atoms with van der Waals surface area (Å²) in [5.41, 5.74) is 0. The third kappa shape index (κ3) is 40.3. The van der Waals surface area contributed by atoms with E-state index in [0.29, 0.717) is 6.42 Å². The van der Waals surface area contributed by atoms with Crippen molar-refractivity contribution in [2.75, 3.05) is 6.61 Å². The molecule has 0 aromatic carbocycles. The second-order valence-corrected chi connectivity index (χ2v) is 16.5. The van der Waals surface area contributed by atoms with Crippen molar-refractivity contribution in [2.45, 2.75) is 283 Å². The van der Waals surface area contributed by atoms with Crippen LogP contribution in [-0.4, -0.2) is 34.9 Å². The topological polar surface area (TPSA) is 69.6 Å². The number of hydrogen-bond donors (Lipinski definition) is 3. The molecule has 310 valence electrons. The van der Waals surface area contributed by atoms with Crippen molar-refractivity contribution in [3.8, 4) is 0 Å². The van der Waals surface area contributed by atoms with Crippen molar-refractivity contribution in [3.05, 3.63) is 12.2 Å². The van der Waals surface area contributed by atoms with Gasteiger partial charge in [-0.1, -0.05) is 257 Å². The van der Waals surface area contributed by atoms with Crippen molar-refractivity contribution in [1.29, 1.82) is 0 Å². The van der Waals surface area contributed by atoms with Crippen LogP contribution in [0.15, 0.2) is 12.2 Å². The molecule has 0 radical (unpaired) electrons. The van der Waals surface area contributed by atoms with Gasteiger partial charge in [-0.3, -0.25) is 4.79 Å². The zero-order valence-electron chi connectivity index (χ0n) is 35.6. The minimum atomic E-state index is -0.834. The fourth-order valence-electron chi connectivity index (χ4n) is 7.59. The molecule has 0 aliphatic carbocycles. The van der Waals surface area contributed by atoms with E-state index in [9.17, 15) is 15.0 Å². The third-order valence-corrected chi connectivity index (χ3v) is 11.3. The Hall–Kier alpha value is -0.870. The first kappa shape index (κ1) is 51.1. The average Bonchev–Trinajstić information content (AvgIpc) is 3.15. The van der Waals surface area contributed by atoms with Crippen molar-refractivity contribution < 1.29 is 15.0 Å². The minimum absolute atomic E-state index is 0.0593. The number of nitrogens with one attached hydrogen (secondary N) is 1. The molecule has 0 saturated carbocycles. The number of unbranched alkanes of at least 4 members (excludes halogenated alkanes) is 37. The van der Waals surface area contributed by atoms with E-state index in [0.717, 1.165) is 25.7 Å². The summed E-state index contributed by atoms with van der Waals surface area (Å²) in [5.74, 6) is -0.0593. The zero-order valence-corrected chi connectivity index (χ0v) is 35.6. The first-order valence-electron chi connectivity index (χ1n) is 23.9. The fraction of sp³-hybridized carbons (Fsp3) is 0.938. The standard InChI is InChI=1S/C48H95NO3/c1-3-5-7-9-11-13-15-17-19-20-21-22-23-24-25-26-27-28-30-31-33-35-37-39-41-43-47(51)46(45-50)49-48(52)44-42-40-38-36-34-32-29-18-16-14-12-10-8-6-4-2/h41,43,46-47,50-51H,3-40,42,44-45H2,1-2H3,(H,49,52)/b43-41+. The lowest BCUT2D eigenvalue weighted by atomic mass is 10.0. The summed E-state index contributed by atoms with van der Waals surface area (Å²) >= 11 is 0. The van der Waals surface area contributed by atoms with E-state index in [1.54, 1.807) is 6.08 Å². The highest BCUT2D eigenvalue weighted by atomic mass is 16.3. The maximum Gasteiger partial charge on any atom is 0.220 e. The summed E-state index contributed by atoms with van der Waals surface area (Å²) in [5, 5.41) is 23.1. The molecular formula is C48H95NO3. The molecule has 2 unspecified atom stereocenters. The Morgan fingerprint density at radius 1 is 0.442 bits per heavy atom. The monoisotopic (exact) mass is 734 g/mol. The minimum Gasteiger partial charge on any atom is -0.394 e. The van der Waals surface area contributed by atoms with Gasteiger partial charge in [-0.05, 0) is 19.3 Å². The van der Waals surface area contributed by atoms with Crippen molar-refractivity contribution >= 4 is 5.91 Å². The molecule has 1 amide bonds. The van der Waals surface area contributed by atoms with Gasteiger partial charge in [0, 0.05) is 6.42 Å². The number of carbonyl (C=O) groups is 1. The van der Waals surface area contributed by atoms with Gasteiger partial charge < -0.3 is 15.5 Å². The number of allylic oxidation sites excluding steroid dienone is 1. The van der Waals surface area contributed by atoms with Gasteiger partial charge in [0.05, 0.1) is 18.8 Å². The highest BCUT2D eigenvalue weighted by molar-refractivity contribution is 5.76. The van der Waals surface area contributed by atoms with Gasteiger partial charge in [-0.25, -0.2) is 0 Å². The Balaban J connectivity index is 3.48. The number of rotatable bonds is 44. The summed E-state index contributed by atoms with van der Waals surface area (Å²) < 4.78 is 0. The van der Waals surface area contributed by atoms with Crippen LogP contribution in [-0.2, 0) is 4.79 Å².